The van der Waals surface area contributed by atoms with Crippen LogP contribution in [0.3, 0.4) is 0 Å². The van der Waals surface area contributed by atoms with E-state index in [0.717, 1.165) is 29.9 Å². The van der Waals surface area contributed by atoms with Crippen LogP contribution in [-0.4, -0.2) is 12.7 Å². The van der Waals surface area contributed by atoms with E-state index >= 15 is 0 Å². The Hall–Kier alpha value is -1.71. The van der Waals surface area contributed by atoms with Gasteiger partial charge in [-0.25, -0.2) is 0 Å². The number of ether oxygens (including phenoxy) is 2. The molecule has 0 unspecified atom stereocenters. The number of carbonyl (C=O) groups is 1. The van der Waals surface area contributed by atoms with Crippen LogP contribution < -0.4 is 14.8 Å². The van der Waals surface area contributed by atoms with Gasteiger partial charge in [0, 0.05) is 6.42 Å². The molecule has 104 valence electrons. The second kappa shape index (κ2) is 5.51. The third kappa shape index (κ3) is 3.19. The first-order valence-corrected chi connectivity index (χ1v) is 6.74. The average molecular weight is 263 g/mol. The van der Waals surface area contributed by atoms with Crippen LogP contribution in [0.1, 0.15) is 45.6 Å². The number of fused-ring (bicyclic) bond motifs is 1. The fourth-order valence-corrected chi connectivity index (χ4v) is 2.11. The Balaban J connectivity index is 2.08. The van der Waals surface area contributed by atoms with Gasteiger partial charge in [-0.15, -0.1) is 0 Å². The second-order valence-electron chi connectivity index (χ2n) is 5.34. The zero-order chi connectivity index (χ0) is 13.9. The number of hydrogen-bond donors (Lipinski definition) is 1. The van der Waals surface area contributed by atoms with E-state index in [0.29, 0.717) is 6.42 Å². The summed E-state index contributed by atoms with van der Waals surface area (Å²) in [5, 5.41) is 3.06. The predicted octanol–water partition coefficient (Wildman–Crippen LogP) is 2.96. The van der Waals surface area contributed by atoms with Crippen molar-refractivity contribution in [1.82, 2.24) is 5.32 Å². The summed E-state index contributed by atoms with van der Waals surface area (Å²) in [5.74, 6) is 1.59. The highest BCUT2D eigenvalue weighted by Gasteiger charge is 2.25. The van der Waals surface area contributed by atoms with E-state index < -0.39 is 5.54 Å². The van der Waals surface area contributed by atoms with Gasteiger partial charge >= 0.3 is 0 Å². The molecule has 1 aliphatic heterocycles. The molecule has 0 atom stereocenters. The van der Waals surface area contributed by atoms with Crippen molar-refractivity contribution in [3.63, 3.8) is 0 Å². The largest absolute Gasteiger partial charge is 0.454 e. The second-order valence-corrected chi connectivity index (χ2v) is 5.34. The average Bonchev–Trinajstić information content (AvgIpc) is 2.82. The van der Waals surface area contributed by atoms with E-state index in [1.807, 2.05) is 32.0 Å². The van der Waals surface area contributed by atoms with Crippen LogP contribution in [0.4, 0.5) is 0 Å². The summed E-state index contributed by atoms with van der Waals surface area (Å²) in [4.78, 5) is 11.9. The van der Waals surface area contributed by atoms with Crippen molar-refractivity contribution in [2.24, 2.45) is 0 Å². The SMILES string of the molecule is CCCCC(=O)NC(C)(C)c1ccc2c(c1)OCO2. The van der Waals surface area contributed by atoms with Crippen LogP contribution >= 0.6 is 0 Å². The lowest BCUT2D eigenvalue weighted by atomic mass is 9.93. The Kier molecular flexibility index (Phi) is 3.98. The smallest absolute Gasteiger partial charge is 0.231 e. The van der Waals surface area contributed by atoms with Crippen LogP contribution in [0.15, 0.2) is 18.2 Å². The molecule has 0 bridgehead atoms. The molecule has 0 saturated heterocycles. The minimum Gasteiger partial charge on any atom is -0.454 e. The third-order valence-corrected chi connectivity index (χ3v) is 3.30. The monoisotopic (exact) mass is 263 g/mol. The predicted molar refractivity (Wildman–Crippen MR) is 73.3 cm³/mol. The molecule has 1 heterocycles. The summed E-state index contributed by atoms with van der Waals surface area (Å²) < 4.78 is 10.7. The van der Waals surface area contributed by atoms with Crippen molar-refractivity contribution >= 4 is 5.91 Å². The number of unbranched alkanes of at least 4 members (excludes halogenated alkanes) is 1. The fraction of sp³-hybridized carbons (Fsp3) is 0.533. The van der Waals surface area contributed by atoms with Gasteiger partial charge in [-0.05, 0) is 38.0 Å². The summed E-state index contributed by atoms with van der Waals surface area (Å²) >= 11 is 0. The van der Waals surface area contributed by atoms with Crippen LogP contribution in [0, 0.1) is 0 Å². The first kappa shape index (κ1) is 13.7. The Labute approximate surface area is 114 Å². The number of rotatable bonds is 5. The van der Waals surface area contributed by atoms with E-state index in [-0.39, 0.29) is 12.7 Å². The molecule has 0 fully saturated rings. The van der Waals surface area contributed by atoms with Crippen LogP contribution in [0.25, 0.3) is 0 Å². The molecular formula is C15H21NO3. The number of nitrogens with one attached hydrogen (secondary N) is 1. The first-order valence-electron chi connectivity index (χ1n) is 6.74. The number of amides is 1. The van der Waals surface area contributed by atoms with Crippen molar-refractivity contribution in [2.45, 2.75) is 45.6 Å². The van der Waals surface area contributed by atoms with E-state index in [1.54, 1.807) is 0 Å². The molecule has 1 aliphatic rings. The highest BCUT2D eigenvalue weighted by atomic mass is 16.7. The highest BCUT2D eigenvalue weighted by molar-refractivity contribution is 5.77. The first-order chi connectivity index (χ1) is 9.03. The van der Waals surface area contributed by atoms with Crippen LogP contribution in [0.2, 0.25) is 0 Å². The zero-order valence-corrected chi connectivity index (χ0v) is 11.8. The molecule has 1 aromatic rings. The molecule has 4 nitrogen and oxygen atoms in total. The summed E-state index contributed by atoms with van der Waals surface area (Å²) in [6.07, 6.45) is 2.52. The zero-order valence-electron chi connectivity index (χ0n) is 11.8. The fourth-order valence-electron chi connectivity index (χ4n) is 2.11. The van der Waals surface area contributed by atoms with E-state index in [1.165, 1.54) is 0 Å². The molecular weight excluding hydrogens is 242 g/mol. The molecule has 0 radical (unpaired) electrons. The van der Waals surface area contributed by atoms with Gasteiger partial charge in [0.05, 0.1) is 5.54 Å². The number of hydrogen-bond acceptors (Lipinski definition) is 3. The van der Waals surface area contributed by atoms with Crippen LogP contribution in [0.5, 0.6) is 11.5 Å². The minimum atomic E-state index is -0.411. The summed E-state index contributed by atoms with van der Waals surface area (Å²) in [6.45, 7) is 6.33. The normalized spacial score (nSPS) is 13.4. The van der Waals surface area contributed by atoms with Crippen LogP contribution in [-0.2, 0) is 10.3 Å². The molecule has 1 aromatic carbocycles. The third-order valence-electron chi connectivity index (χ3n) is 3.30. The molecule has 0 aliphatic carbocycles. The van der Waals surface area contributed by atoms with Gasteiger partial charge in [-0.2, -0.15) is 0 Å². The molecule has 2 rings (SSSR count). The van der Waals surface area contributed by atoms with E-state index in [4.69, 9.17) is 9.47 Å². The molecule has 1 N–H and O–H groups in total. The van der Waals surface area contributed by atoms with Gasteiger partial charge in [-0.3, -0.25) is 4.79 Å². The summed E-state index contributed by atoms with van der Waals surface area (Å²) in [5.41, 5.74) is 0.604. The molecule has 19 heavy (non-hydrogen) atoms. The summed E-state index contributed by atoms with van der Waals surface area (Å²) in [6, 6.07) is 5.79. The lowest BCUT2D eigenvalue weighted by Gasteiger charge is -2.27. The quantitative estimate of drug-likeness (QED) is 0.888. The highest BCUT2D eigenvalue weighted by Crippen LogP contribution is 2.35. The van der Waals surface area contributed by atoms with Gasteiger partial charge in [-0.1, -0.05) is 19.4 Å². The summed E-state index contributed by atoms with van der Waals surface area (Å²) in [7, 11) is 0. The Morgan fingerprint density at radius 2 is 2.05 bits per heavy atom. The molecule has 4 heteroatoms. The van der Waals surface area contributed by atoms with Crippen molar-refractivity contribution in [3.8, 4) is 11.5 Å². The Morgan fingerprint density at radius 1 is 1.32 bits per heavy atom. The van der Waals surface area contributed by atoms with Gasteiger partial charge < -0.3 is 14.8 Å². The maximum Gasteiger partial charge on any atom is 0.231 e. The van der Waals surface area contributed by atoms with Crippen molar-refractivity contribution in [1.29, 1.82) is 0 Å². The van der Waals surface area contributed by atoms with Crippen molar-refractivity contribution in [2.75, 3.05) is 6.79 Å². The minimum absolute atomic E-state index is 0.0875. The Bertz CT molecular complexity index is 468. The topological polar surface area (TPSA) is 47.6 Å². The van der Waals surface area contributed by atoms with Gasteiger partial charge in [0.25, 0.3) is 0 Å². The van der Waals surface area contributed by atoms with E-state index in [2.05, 4.69) is 12.2 Å². The maximum absolute atomic E-state index is 11.9. The van der Waals surface area contributed by atoms with Gasteiger partial charge in [0.1, 0.15) is 0 Å². The van der Waals surface area contributed by atoms with Gasteiger partial charge in [0.2, 0.25) is 12.7 Å². The van der Waals surface area contributed by atoms with Gasteiger partial charge in [0.15, 0.2) is 11.5 Å². The lowest BCUT2D eigenvalue weighted by molar-refractivity contribution is -0.122. The Morgan fingerprint density at radius 3 is 2.79 bits per heavy atom. The van der Waals surface area contributed by atoms with Crippen molar-refractivity contribution < 1.29 is 14.3 Å². The maximum atomic E-state index is 11.9. The number of carbonyl (C=O) groups excluding carboxylic acids is 1. The standard InChI is InChI=1S/C15H21NO3/c1-4-5-6-14(17)16-15(2,3)11-7-8-12-13(9-11)19-10-18-12/h7-9H,4-6,10H2,1-3H3,(H,16,17). The van der Waals surface area contributed by atoms with Crippen molar-refractivity contribution in [3.05, 3.63) is 23.8 Å². The number of benzene rings is 1. The molecule has 0 spiro atoms. The molecule has 0 aromatic heterocycles. The van der Waals surface area contributed by atoms with E-state index in [9.17, 15) is 4.79 Å². The lowest BCUT2D eigenvalue weighted by Crippen LogP contribution is -2.40. The molecule has 0 saturated carbocycles. The molecule has 1 amide bonds.